The lowest BCUT2D eigenvalue weighted by atomic mass is 10.0. The number of nitrogens with one attached hydrogen (secondary N) is 2. The van der Waals surface area contributed by atoms with Crippen molar-refractivity contribution in [3.63, 3.8) is 0 Å². The van der Waals surface area contributed by atoms with Crippen LogP contribution in [0.15, 0.2) is 85.1 Å². The highest BCUT2D eigenvalue weighted by molar-refractivity contribution is 5.92. The number of benzene rings is 3. The molecule has 0 atom stereocenters. The molecule has 5 aromatic rings. The normalized spacial score (nSPS) is 10.8. The van der Waals surface area contributed by atoms with E-state index >= 15 is 0 Å². The van der Waals surface area contributed by atoms with E-state index in [1.54, 1.807) is 25.4 Å². The molecule has 0 spiro atoms. The number of aryl methyl sites for hydroxylation is 2. The molecule has 0 saturated carbocycles. The molecule has 1 amide bonds. The number of hydrogen-bond donors (Lipinski definition) is 2. The zero-order valence-electron chi connectivity index (χ0n) is 19.7. The van der Waals surface area contributed by atoms with E-state index in [-0.39, 0.29) is 5.91 Å². The first-order valence-electron chi connectivity index (χ1n) is 11.3. The lowest BCUT2D eigenvalue weighted by Gasteiger charge is -2.12. The van der Waals surface area contributed by atoms with E-state index in [1.807, 2.05) is 48.0 Å². The molecular formula is C28H25N5O2. The zero-order chi connectivity index (χ0) is 24.4. The van der Waals surface area contributed by atoms with E-state index in [0.29, 0.717) is 17.2 Å². The van der Waals surface area contributed by atoms with Gasteiger partial charge < -0.3 is 19.9 Å². The molecule has 174 valence electrons. The minimum absolute atomic E-state index is 0.266. The number of carbonyl (C=O) groups excluding carboxylic acids is 1. The highest BCUT2D eigenvalue weighted by atomic mass is 16.5. The highest BCUT2D eigenvalue weighted by Gasteiger charge is 2.12. The number of aromatic nitrogens is 3. The summed E-state index contributed by atoms with van der Waals surface area (Å²) in [6, 6.07) is 25.7. The van der Waals surface area contributed by atoms with E-state index in [4.69, 9.17) is 9.72 Å². The van der Waals surface area contributed by atoms with Gasteiger partial charge in [-0.15, -0.1) is 0 Å². The fraction of sp³-hybridized carbons (Fsp3) is 0.107. The third-order valence-electron chi connectivity index (χ3n) is 5.87. The number of anilines is 2. The molecule has 0 aliphatic heterocycles. The first kappa shape index (κ1) is 22.2. The second kappa shape index (κ2) is 9.30. The summed E-state index contributed by atoms with van der Waals surface area (Å²) in [5.41, 5.74) is 6.50. The fourth-order valence-electron chi connectivity index (χ4n) is 3.91. The van der Waals surface area contributed by atoms with Gasteiger partial charge in [0.2, 0.25) is 5.95 Å². The lowest BCUT2D eigenvalue weighted by molar-refractivity contribution is 0.0958. The molecule has 2 N–H and O–H groups in total. The van der Waals surface area contributed by atoms with Gasteiger partial charge in [-0.2, -0.15) is 0 Å². The van der Waals surface area contributed by atoms with Crippen molar-refractivity contribution in [1.82, 2.24) is 19.9 Å². The van der Waals surface area contributed by atoms with Crippen LogP contribution in [0.5, 0.6) is 11.5 Å². The van der Waals surface area contributed by atoms with Crippen molar-refractivity contribution in [2.24, 2.45) is 7.05 Å². The van der Waals surface area contributed by atoms with Crippen molar-refractivity contribution in [3.05, 3.63) is 96.3 Å². The molecule has 0 radical (unpaired) electrons. The Balaban J connectivity index is 1.42. The summed E-state index contributed by atoms with van der Waals surface area (Å²) < 4.78 is 8.00. The molecule has 7 nitrogen and oxygen atoms in total. The summed E-state index contributed by atoms with van der Waals surface area (Å²) in [6.07, 6.45) is 1.55. The molecule has 2 aromatic heterocycles. The number of carbonyl (C=O) groups is 1. The Hall–Kier alpha value is -4.65. The van der Waals surface area contributed by atoms with Gasteiger partial charge in [0.1, 0.15) is 17.2 Å². The van der Waals surface area contributed by atoms with Gasteiger partial charge in [0.15, 0.2) is 0 Å². The zero-order valence-corrected chi connectivity index (χ0v) is 19.7. The molecule has 0 aliphatic rings. The van der Waals surface area contributed by atoms with E-state index in [9.17, 15) is 4.79 Å². The first-order valence-corrected chi connectivity index (χ1v) is 11.3. The molecule has 7 heteroatoms. The Morgan fingerprint density at radius 1 is 0.914 bits per heavy atom. The highest BCUT2D eigenvalue weighted by Crippen LogP contribution is 2.30. The number of imidazole rings is 1. The molecule has 0 unspecified atom stereocenters. The van der Waals surface area contributed by atoms with Crippen LogP contribution < -0.4 is 15.4 Å². The second-order valence-corrected chi connectivity index (χ2v) is 8.22. The van der Waals surface area contributed by atoms with Crippen LogP contribution in [0.3, 0.4) is 0 Å². The summed E-state index contributed by atoms with van der Waals surface area (Å²) >= 11 is 0. The van der Waals surface area contributed by atoms with Crippen LogP contribution in [-0.2, 0) is 7.05 Å². The van der Waals surface area contributed by atoms with Crippen LogP contribution in [0.2, 0.25) is 0 Å². The molecule has 0 aliphatic carbocycles. The van der Waals surface area contributed by atoms with E-state index in [0.717, 1.165) is 39.4 Å². The monoisotopic (exact) mass is 463 g/mol. The number of amides is 1. The van der Waals surface area contributed by atoms with Crippen LogP contribution in [0, 0.1) is 6.92 Å². The summed E-state index contributed by atoms with van der Waals surface area (Å²) in [5, 5.41) is 6.06. The Kier molecular flexibility index (Phi) is 5.89. The van der Waals surface area contributed by atoms with Crippen LogP contribution in [-0.4, -0.2) is 27.5 Å². The standard InChI is InChI=1S/C28H25N5O2/c1-18-9-10-20(19-7-5-4-6-8-19)15-23(18)31-28-32-24-16-21(11-12-26(24)33(28)3)35-22-13-14-30-25(17-22)27(34)29-2/h4-17H,1-3H3,(H,29,34)(H,31,32). The SMILES string of the molecule is CNC(=O)c1cc(Oc2ccc3c(c2)nc(Nc2cc(-c4ccccc4)ccc2C)n3C)ccn1. The van der Waals surface area contributed by atoms with Crippen LogP contribution in [0.4, 0.5) is 11.6 Å². The third kappa shape index (κ3) is 4.56. The van der Waals surface area contributed by atoms with Gasteiger partial charge in [-0.1, -0.05) is 42.5 Å². The number of rotatable bonds is 6. The average Bonchev–Trinajstić information content (AvgIpc) is 3.19. The summed E-state index contributed by atoms with van der Waals surface area (Å²) in [7, 11) is 3.55. The van der Waals surface area contributed by atoms with Gasteiger partial charge in [-0.3, -0.25) is 9.78 Å². The smallest absolute Gasteiger partial charge is 0.269 e. The Bertz CT molecular complexity index is 1530. The van der Waals surface area contributed by atoms with Crippen molar-refractivity contribution in [2.45, 2.75) is 6.92 Å². The van der Waals surface area contributed by atoms with Gasteiger partial charge in [0.25, 0.3) is 5.91 Å². The van der Waals surface area contributed by atoms with Crippen LogP contribution in [0.1, 0.15) is 16.1 Å². The van der Waals surface area contributed by atoms with Crippen molar-refractivity contribution in [1.29, 1.82) is 0 Å². The number of pyridine rings is 1. The Morgan fingerprint density at radius 2 is 1.71 bits per heavy atom. The molecule has 5 rings (SSSR count). The molecular weight excluding hydrogens is 438 g/mol. The van der Waals surface area contributed by atoms with Crippen molar-refractivity contribution in [3.8, 4) is 22.6 Å². The number of nitrogens with zero attached hydrogens (tertiary/aromatic N) is 3. The average molecular weight is 464 g/mol. The maximum atomic E-state index is 11.9. The molecule has 0 fully saturated rings. The molecule has 0 saturated heterocycles. The van der Waals surface area contributed by atoms with E-state index in [2.05, 4.69) is 52.9 Å². The van der Waals surface area contributed by atoms with Gasteiger partial charge in [-0.05, 0) is 47.9 Å². The van der Waals surface area contributed by atoms with Crippen molar-refractivity contribution < 1.29 is 9.53 Å². The fourth-order valence-corrected chi connectivity index (χ4v) is 3.91. The largest absolute Gasteiger partial charge is 0.457 e. The predicted octanol–water partition coefficient (Wildman–Crippen LogP) is 5.84. The quantitative estimate of drug-likeness (QED) is 0.331. The Labute approximate surface area is 203 Å². The minimum Gasteiger partial charge on any atom is -0.457 e. The lowest BCUT2D eigenvalue weighted by Crippen LogP contribution is -2.18. The van der Waals surface area contributed by atoms with Crippen molar-refractivity contribution >= 4 is 28.6 Å². The third-order valence-corrected chi connectivity index (χ3v) is 5.87. The second-order valence-electron chi connectivity index (χ2n) is 8.22. The summed E-state index contributed by atoms with van der Waals surface area (Å²) in [4.78, 5) is 20.7. The Morgan fingerprint density at radius 3 is 2.51 bits per heavy atom. The van der Waals surface area contributed by atoms with Crippen LogP contribution >= 0.6 is 0 Å². The molecule has 35 heavy (non-hydrogen) atoms. The van der Waals surface area contributed by atoms with Gasteiger partial charge >= 0.3 is 0 Å². The van der Waals surface area contributed by atoms with Gasteiger partial charge in [0, 0.05) is 38.1 Å². The summed E-state index contributed by atoms with van der Waals surface area (Å²) in [5.74, 6) is 1.62. The maximum Gasteiger partial charge on any atom is 0.269 e. The van der Waals surface area contributed by atoms with Gasteiger partial charge in [-0.25, -0.2) is 4.98 Å². The first-order chi connectivity index (χ1) is 17.0. The summed E-state index contributed by atoms with van der Waals surface area (Å²) in [6.45, 7) is 2.08. The number of ether oxygens (including phenoxy) is 1. The molecule has 0 bridgehead atoms. The minimum atomic E-state index is -0.266. The van der Waals surface area contributed by atoms with Crippen LogP contribution in [0.25, 0.3) is 22.2 Å². The number of hydrogen-bond acceptors (Lipinski definition) is 5. The topological polar surface area (TPSA) is 81.1 Å². The van der Waals surface area contributed by atoms with E-state index in [1.165, 1.54) is 0 Å². The number of fused-ring (bicyclic) bond motifs is 1. The van der Waals surface area contributed by atoms with Crippen molar-refractivity contribution in [2.75, 3.05) is 12.4 Å². The van der Waals surface area contributed by atoms with E-state index < -0.39 is 0 Å². The maximum absolute atomic E-state index is 11.9. The predicted molar refractivity (Wildman–Crippen MR) is 138 cm³/mol. The molecule has 3 aromatic carbocycles. The van der Waals surface area contributed by atoms with Gasteiger partial charge in [0.05, 0.1) is 11.0 Å². The molecule has 2 heterocycles.